The molecule has 6 nitrogen and oxygen atoms in total. The number of piperidine rings is 1. The van der Waals surface area contributed by atoms with E-state index in [1.807, 2.05) is 6.92 Å². The lowest BCUT2D eigenvalue weighted by atomic mass is 9.86. The number of thiophene rings is 1. The number of hydrogen-bond donors (Lipinski definition) is 2. The van der Waals surface area contributed by atoms with Gasteiger partial charge in [-0.05, 0) is 45.1 Å². The minimum Gasteiger partial charge on any atom is -0.356 e. The quantitative estimate of drug-likeness (QED) is 0.766. The number of nitrogens with one attached hydrogen (secondary N) is 1. The summed E-state index contributed by atoms with van der Waals surface area (Å²) < 4.78 is 0. The summed E-state index contributed by atoms with van der Waals surface area (Å²) >= 11 is 1.72. The van der Waals surface area contributed by atoms with Crippen LogP contribution in [-0.4, -0.2) is 41.0 Å². The van der Waals surface area contributed by atoms with Gasteiger partial charge in [0.1, 0.15) is 17.0 Å². The van der Waals surface area contributed by atoms with Gasteiger partial charge in [-0.15, -0.1) is 23.7 Å². The predicted molar refractivity (Wildman–Crippen MR) is 120 cm³/mol. The molecule has 1 fully saturated rings. The number of anilines is 1. The molecule has 1 saturated heterocycles. The van der Waals surface area contributed by atoms with Crippen molar-refractivity contribution in [1.82, 2.24) is 15.3 Å². The highest BCUT2D eigenvalue weighted by Gasteiger charge is 2.33. The van der Waals surface area contributed by atoms with E-state index < -0.39 is 0 Å². The Balaban J connectivity index is 0.00000280. The molecule has 3 rings (SSSR count). The second-order valence-electron chi connectivity index (χ2n) is 8.19. The van der Waals surface area contributed by atoms with Crippen LogP contribution in [0.4, 0.5) is 5.82 Å². The van der Waals surface area contributed by atoms with Gasteiger partial charge in [0.15, 0.2) is 0 Å². The maximum atomic E-state index is 12.8. The molecule has 3 heterocycles. The molecular weight excluding hydrogens is 394 g/mol. The molecule has 8 heteroatoms. The summed E-state index contributed by atoms with van der Waals surface area (Å²) in [6.07, 6.45) is 3.32. The Morgan fingerprint density at radius 1 is 1.36 bits per heavy atom. The number of aromatic nitrogens is 2. The van der Waals surface area contributed by atoms with Gasteiger partial charge in [0, 0.05) is 30.4 Å². The molecule has 0 aromatic carbocycles. The van der Waals surface area contributed by atoms with E-state index in [4.69, 9.17) is 5.73 Å². The number of rotatable bonds is 5. The fraction of sp³-hybridized carbons (Fsp3) is 0.650. The van der Waals surface area contributed by atoms with E-state index in [0.717, 1.165) is 36.6 Å². The summed E-state index contributed by atoms with van der Waals surface area (Å²) in [5.74, 6) is 1.47. The van der Waals surface area contributed by atoms with Crippen molar-refractivity contribution in [3.05, 3.63) is 16.8 Å². The van der Waals surface area contributed by atoms with Crippen molar-refractivity contribution < 1.29 is 4.79 Å². The number of carbonyl (C=O) groups excluding carboxylic acids is 1. The van der Waals surface area contributed by atoms with Gasteiger partial charge in [0.05, 0.1) is 10.9 Å². The van der Waals surface area contributed by atoms with Gasteiger partial charge in [-0.25, -0.2) is 9.97 Å². The third-order valence-corrected chi connectivity index (χ3v) is 7.33. The van der Waals surface area contributed by atoms with Crippen molar-refractivity contribution in [3.8, 4) is 0 Å². The van der Waals surface area contributed by atoms with Crippen LogP contribution in [0.25, 0.3) is 10.2 Å². The molecule has 1 unspecified atom stereocenters. The Morgan fingerprint density at radius 2 is 2.00 bits per heavy atom. The van der Waals surface area contributed by atoms with Gasteiger partial charge in [-0.1, -0.05) is 13.8 Å². The summed E-state index contributed by atoms with van der Waals surface area (Å²) in [4.78, 5) is 26.4. The summed E-state index contributed by atoms with van der Waals surface area (Å²) in [5.41, 5.74) is 6.83. The zero-order valence-electron chi connectivity index (χ0n) is 17.4. The first kappa shape index (κ1) is 22.8. The van der Waals surface area contributed by atoms with Gasteiger partial charge in [0.2, 0.25) is 5.91 Å². The van der Waals surface area contributed by atoms with Crippen molar-refractivity contribution in [2.45, 2.75) is 53.0 Å². The van der Waals surface area contributed by atoms with E-state index >= 15 is 0 Å². The number of carbonyl (C=O) groups is 1. The normalized spacial score (nSPS) is 17.5. The number of halogens is 1. The maximum absolute atomic E-state index is 12.8. The van der Waals surface area contributed by atoms with Crippen molar-refractivity contribution >= 4 is 45.7 Å². The lowest BCUT2D eigenvalue weighted by Gasteiger charge is -2.37. The molecule has 0 radical (unpaired) electrons. The number of nitrogens with zero attached hydrogens (tertiary/aromatic N) is 3. The fourth-order valence-electron chi connectivity index (χ4n) is 3.57. The molecule has 2 aromatic heterocycles. The van der Waals surface area contributed by atoms with Crippen molar-refractivity contribution in [3.63, 3.8) is 0 Å². The van der Waals surface area contributed by atoms with E-state index in [2.05, 4.69) is 47.9 Å². The summed E-state index contributed by atoms with van der Waals surface area (Å²) in [7, 11) is 0. The molecule has 1 aliphatic rings. The molecule has 0 spiro atoms. The standard InChI is InChI=1S/C20H31N5OS.ClH/c1-12(2)20(5,10-21)24-18(26)15-6-8-25(9-7-15)17-16-13(3)14(4)27-19(16)23-11-22-17;/h11-12,15H,6-10,21H2,1-5H3,(H,24,26);1H. The van der Waals surface area contributed by atoms with Crippen LogP contribution in [0.15, 0.2) is 6.33 Å². The molecule has 0 saturated carbocycles. The zero-order chi connectivity index (χ0) is 19.8. The first-order chi connectivity index (χ1) is 12.8. The fourth-order valence-corrected chi connectivity index (χ4v) is 4.56. The smallest absolute Gasteiger partial charge is 0.223 e. The topological polar surface area (TPSA) is 84.1 Å². The second kappa shape index (κ2) is 8.93. The maximum Gasteiger partial charge on any atom is 0.223 e. The van der Waals surface area contributed by atoms with Crippen LogP contribution in [0.1, 0.15) is 44.1 Å². The number of fused-ring (bicyclic) bond motifs is 1. The van der Waals surface area contributed by atoms with Crippen LogP contribution in [0.5, 0.6) is 0 Å². The molecule has 2 aromatic rings. The van der Waals surface area contributed by atoms with Gasteiger partial charge < -0.3 is 16.0 Å². The van der Waals surface area contributed by atoms with Crippen molar-refractivity contribution in [2.75, 3.05) is 24.5 Å². The van der Waals surface area contributed by atoms with Gasteiger partial charge in [-0.2, -0.15) is 0 Å². The Morgan fingerprint density at radius 3 is 2.57 bits per heavy atom. The largest absolute Gasteiger partial charge is 0.356 e. The van der Waals surface area contributed by atoms with E-state index in [-0.39, 0.29) is 29.8 Å². The van der Waals surface area contributed by atoms with Crippen LogP contribution < -0.4 is 16.0 Å². The van der Waals surface area contributed by atoms with Crippen LogP contribution in [0.3, 0.4) is 0 Å². The third kappa shape index (κ3) is 4.26. The van der Waals surface area contributed by atoms with Crippen molar-refractivity contribution in [1.29, 1.82) is 0 Å². The van der Waals surface area contributed by atoms with E-state index in [0.29, 0.717) is 12.5 Å². The highest BCUT2D eigenvalue weighted by atomic mass is 35.5. The molecule has 28 heavy (non-hydrogen) atoms. The Hall–Kier alpha value is -1.44. The lowest BCUT2D eigenvalue weighted by Crippen LogP contribution is -2.57. The Bertz CT molecular complexity index is 831. The Kier molecular flexibility index (Phi) is 7.28. The number of nitrogens with two attached hydrogens (primary N) is 1. The summed E-state index contributed by atoms with van der Waals surface area (Å²) in [5, 5.41) is 4.37. The van der Waals surface area contributed by atoms with Crippen LogP contribution >= 0.6 is 23.7 Å². The van der Waals surface area contributed by atoms with Crippen LogP contribution in [-0.2, 0) is 4.79 Å². The molecule has 1 atom stereocenters. The SMILES string of the molecule is Cc1sc2ncnc(N3CCC(C(=O)NC(C)(CN)C(C)C)CC3)c2c1C.Cl. The molecule has 3 N–H and O–H groups in total. The lowest BCUT2D eigenvalue weighted by molar-refractivity contribution is -0.127. The summed E-state index contributed by atoms with van der Waals surface area (Å²) in [6, 6.07) is 0. The zero-order valence-corrected chi connectivity index (χ0v) is 19.0. The molecule has 1 amide bonds. The average Bonchev–Trinajstić information content (AvgIpc) is 2.95. The predicted octanol–water partition coefficient (Wildman–Crippen LogP) is 3.44. The highest BCUT2D eigenvalue weighted by Crippen LogP contribution is 2.35. The van der Waals surface area contributed by atoms with Gasteiger partial charge >= 0.3 is 0 Å². The first-order valence-corrected chi connectivity index (χ1v) is 10.6. The summed E-state index contributed by atoms with van der Waals surface area (Å²) in [6.45, 7) is 12.6. The van der Waals surface area contributed by atoms with Crippen LogP contribution in [0, 0.1) is 25.7 Å². The van der Waals surface area contributed by atoms with Crippen molar-refractivity contribution in [2.24, 2.45) is 17.6 Å². The molecule has 156 valence electrons. The highest BCUT2D eigenvalue weighted by molar-refractivity contribution is 7.18. The third-order valence-electron chi connectivity index (χ3n) is 6.22. The monoisotopic (exact) mass is 425 g/mol. The number of aryl methyl sites for hydroxylation is 2. The first-order valence-electron chi connectivity index (χ1n) is 9.74. The molecule has 1 aliphatic heterocycles. The van der Waals surface area contributed by atoms with Gasteiger partial charge in [-0.3, -0.25) is 4.79 Å². The Labute approximate surface area is 177 Å². The average molecular weight is 426 g/mol. The van der Waals surface area contributed by atoms with E-state index in [1.165, 1.54) is 15.8 Å². The molecular formula is C20H32ClN5OS. The number of hydrogen-bond acceptors (Lipinski definition) is 6. The number of amides is 1. The molecule has 0 bridgehead atoms. The van der Waals surface area contributed by atoms with Gasteiger partial charge in [0.25, 0.3) is 0 Å². The van der Waals surface area contributed by atoms with E-state index in [1.54, 1.807) is 17.7 Å². The van der Waals surface area contributed by atoms with Crippen LogP contribution in [0.2, 0.25) is 0 Å². The minimum absolute atomic E-state index is 0. The second-order valence-corrected chi connectivity index (χ2v) is 9.39. The molecule has 0 aliphatic carbocycles. The van der Waals surface area contributed by atoms with E-state index in [9.17, 15) is 4.79 Å². The minimum atomic E-state index is -0.349.